The molecule has 0 spiro atoms. The quantitative estimate of drug-likeness (QED) is 0.610. The summed E-state index contributed by atoms with van der Waals surface area (Å²) in [7, 11) is 0. The molecule has 0 aromatic carbocycles. The standard InChI is InChI=1S/C11H16O2/c1-4-13-10(12)11(3)7-5-9(2)6-8-11/h5-7H,4,8H2,1-3H3. The number of allylic oxidation sites excluding steroid dienone is 3. The summed E-state index contributed by atoms with van der Waals surface area (Å²) in [5.41, 5.74) is 0.761. The lowest BCUT2D eigenvalue weighted by atomic mass is 9.82. The van der Waals surface area contributed by atoms with Gasteiger partial charge in [-0.15, -0.1) is 0 Å². The summed E-state index contributed by atoms with van der Waals surface area (Å²) in [6.45, 7) is 6.21. The summed E-state index contributed by atoms with van der Waals surface area (Å²) < 4.78 is 5.00. The number of ether oxygens (including phenoxy) is 1. The molecule has 1 aliphatic rings. The first-order valence-corrected chi connectivity index (χ1v) is 4.62. The smallest absolute Gasteiger partial charge is 0.315 e. The van der Waals surface area contributed by atoms with E-state index in [0.717, 1.165) is 6.42 Å². The van der Waals surface area contributed by atoms with Gasteiger partial charge in [0.15, 0.2) is 0 Å². The van der Waals surface area contributed by atoms with Gasteiger partial charge in [-0.3, -0.25) is 4.79 Å². The van der Waals surface area contributed by atoms with E-state index in [2.05, 4.69) is 6.08 Å². The molecule has 1 rings (SSSR count). The van der Waals surface area contributed by atoms with Gasteiger partial charge in [-0.1, -0.05) is 23.8 Å². The Bertz CT molecular complexity index is 263. The maximum Gasteiger partial charge on any atom is 0.315 e. The summed E-state index contributed by atoms with van der Waals surface area (Å²) in [6, 6.07) is 0. The van der Waals surface area contributed by atoms with E-state index in [1.165, 1.54) is 5.57 Å². The van der Waals surface area contributed by atoms with Crippen LogP contribution in [0, 0.1) is 5.41 Å². The zero-order chi connectivity index (χ0) is 9.90. The van der Waals surface area contributed by atoms with Crippen LogP contribution < -0.4 is 0 Å². The molecule has 0 saturated carbocycles. The SMILES string of the molecule is CCOC(=O)C1(C)C=CC(C)=CC1. The number of hydrogen-bond donors (Lipinski definition) is 0. The highest BCUT2D eigenvalue weighted by molar-refractivity contribution is 5.79. The van der Waals surface area contributed by atoms with Gasteiger partial charge in [-0.05, 0) is 27.2 Å². The topological polar surface area (TPSA) is 26.3 Å². The monoisotopic (exact) mass is 180 g/mol. The van der Waals surface area contributed by atoms with Crippen LogP contribution in [0.25, 0.3) is 0 Å². The lowest BCUT2D eigenvalue weighted by molar-refractivity contribution is -0.151. The van der Waals surface area contributed by atoms with E-state index in [4.69, 9.17) is 4.74 Å². The van der Waals surface area contributed by atoms with Crippen LogP contribution in [-0.2, 0) is 9.53 Å². The molecule has 0 aromatic rings. The third kappa shape index (κ3) is 2.20. The molecule has 0 aromatic heterocycles. The molecular formula is C11H16O2. The van der Waals surface area contributed by atoms with Gasteiger partial charge in [-0.25, -0.2) is 0 Å². The Labute approximate surface area is 79.3 Å². The lowest BCUT2D eigenvalue weighted by Crippen LogP contribution is -2.28. The molecule has 72 valence electrons. The van der Waals surface area contributed by atoms with E-state index in [1.807, 2.05) is 32.9 Å². The van der Waals surface area contributed by atoms with Crippen LogP contribution in [0.3, 0.4) is 0 Å². The second-order valence-corrected chi connectivity index (χ2v) is 3.62. The molecule has 1 atom stereocenters. The van der Waals surface area contributed by atoms with E-state index in [9.17, 15) is 4.79 Å². The number of carbonyl (C=O) groups is 1. The zero-order valence-corrected chi connectivity index (χ0v) is 8.46. The molecule has 0 amide bonds. The third-order valence-corrected chi connectivity index (χ3v) is 2.30. The predicted octanol–water partition coefficient (Wildman–Crippen LogP) is 2.46. The van der Waals surface area contributed by atoms with Crippen molar-refractivity contribution < 1.29 is 9.53 Å². The molecule has 0 saturated heterocycles. The fourth-order valence-electron chi connectivity index (χ4n) is 1.27. The van der Waals surface area contributed by atoms with Gasteiger partial charge in [0, 0.05) is 0 Å². The van der Waals surface area contributed by atoms with Crippen molar-refractivity contribution in [3.05, 3.63) is 23.8 Å². The van der Waals surface area contributed by atoms with Crippen LogP contribution in [0.4, 0.5) is 0 Å². The first kappa shape index (κ1) is 10.0. The van der Waals surface area contributed by atoms with Gasteiger partial charge in [0.2, 0.25) is 0 Å². The maximum absolute atomic E-state index is 11.5. The van der Waals surface area contributed by atoms with Crippen molar-refractivity contribution in [3.63, 3.8) is 0 Å². The van der Waals surface area contributed by atoms with Crippen LogP contribution in [-0.4, -0.2) is 12.6 Å². The minimum Gasteiger partial charge on any atom is -0.465 e. The van der Waals surface area contributed by atoms with E-state index < -0.39 is 5.41 Å². The summed E-state index contributed by atoms with van der Waals surface area (Å²) in [6.07, 6.45) is 6.71. The van der Waals surface area contributed by atoms with Crippen LogP contribution in [0.5, 0.6) is 0 Å². The Hall–Kier alpha value is -1.05. The molecule has 2 nitrogen and oxygen atoms in total. The molecule has 0 bridgehead atoms. The van der Waals surface area contributed by atoms with Crippen LogP contribution in [0.15, 0.2) is 23.8 Å². The predicted molar refractivity (Wildman–Crippen MR) is 52.3 cm³/mol. The molecule has 0 N–H and O–H groups in total. The normalized spacial score (nSPS) is 26.8. The first-order valence-electron chi connectivity index (χ1n) is 4.62. The highest BCUT2D eigenvalue weighted by atomic mass is 16.5. The number of carbonyl (C=O) groups excluding carboxylic acids is 1. The highest BCUT2D eigenvalue weighted by Gasteiger charge is 2.32. The van der Waals surface area contributed by atoms with Crippen molar-refractivity contribution in [2.24, 2.45) is 5.41 Å². The van der Waals surface area contributed by atoms with Gasteiger partial charge in [-0.2, -0.15) is 0 Å². The summed E-state index contributed by atoms with van der Waals surface area (Å²) in [5, 5.41) is 0. The molecule has 1 aliphatic carbocycles. The minimum absolute atomic E-state index is 0.130. The Kier molecular flexibility index (Phi) is 2.91. The second-order valence-electron chi connectivity index (χ2n) is 3.62. The summed E-state index contributed by atoms with van der Waals surface area (Å²) >= 11 is 0. The van der Waals surface area contributed by atoms with Crippen molar-refractivity contribution >= 4 is 5.97 Å². The third-order valence-electron chi connectivity index (χ3n) is 2.30. The van der Waals surface area contributed by atoms with E-state index >= 15 is 0 Å². The fraction of sp³-hybridized carbons (Fsp3) is 0.545. The van der Waals surface area contributed by atoms with Gasteiger partial charge < -0.3 is 4.74 Å². The van der Waals surface area contributed by atoms with E-state index in [0.29, 0.717) is 6.61 Å². The lowest BCUT2D eigenvalue weighted by Gasteiger charge is -2.24. The number of esters is 1. The highest BCUT2D eigenvalue weighted by Crippen LogP contribution is 2.30. The van der Waals surface area contributed by atoms with Crippen molar-refractivity contribution in [2.45, 2.75) is 27.2 Å². The molecule has 1 unspecified atom stereocenters. The largest absolute Gasteiger partial charge is 0.465 e. The van der Waals surface area contributed by atoms with Gasteiger partial charge in [0.05, 0.1) is 12.0 Å². The molecule has 2 heteroatoms. The Balaban J connectivity index is 2.70. The number of rotatable bonds is 2. The van der Waals surface area contributed by atoms with Gasteiger partial charge in [0.1, 0.15) is 0 Å². The van der Waals surface area contributed by atoms with Gasteiger partial charge in [0.25, 0.3) is 0 Å². The maximum atomic E-state index is 11.5. The van der Waals surface area contributed by atoms with E-state index in [1.54, 1.807) is 0 Å². The molecule has 13 heavy (non-hydrogen) atoms. The van der Waals surface area contributed by atoms with Crippen LogP contribution in [0.1, 0.15) is 27.2 Å². The average Bonchev–Trinajstić information content (AvgIpc) is 2.11. The second kappa shape index (κ2) is 3.77. The van der Waals surface area contributed by atoms with E-state index in [-0.39, 0.29) is 5.97 Å². The van der Waals surface area contributed by atoms with Crippen molar-refractivity contribution in [1.29, 1.82) is 0 Å². The minimum atomic E-state index is -0.449. The Morgan fingerprint density at radius 1 is 1.69 bits per heavy atom. The van der Waals surface area contributed by atoms with Crippen LogP contribution in [0.2, 0.25) is 0 Å². The summed E-state index contributed by atoms with van der Waals surface area (Å²) in [5.74, 6) is -0.130. The van der Waals surface area contributed by atoms with Crippen LogP contribution >= 0.6 is 0 Å². The Morgan fingerprint density at radius 3 is 2.85 bits per heavy atom. The molecule has 0 heterocycles. The van der Waals surface area contributed by atoms with Crippen molar-refractivity contribution in [3.8, 4) is 0 Å². The fourth-order valence-corrected chi connectivity index (χ4v) is 1.27. The molecule has 0 radical (unpaired) electrons. The van der Waals surface area contributed by atoms with Crippen molar-refractivity contribution in [1.82, 2.24) is 0 Å². The Morgan fingerprint density at radius 2 is 2.38 bits per heavy atom. The van der Waals surface area contributed by atoms with Crippen molar-refractivity contribution in [2.75, 3.05) is 6.61 Å². The zero-order valence-electron chi connectivity index (χ0n) is 8.46. The average molecular weight is 180 g/mol. The number of hydrogen-bond acceptors (Lipinski definition) is 2. The first-order chi connectivity index (χ1) is 6.08. The summed E-state index contributed by atoms with van der Waals surface area (Å²) in [4.78, 5) is 11.5. The molecular weight excluding hydrogens is 164 g/mol. The molecule has 0 aliphatic heterocycles. The molecule has 0 fully saturated rings. The van der Waals surface area contributed by atoms with Gasteiger partial charge >= 0.3 is 5.97 Å².